The Morgan fingerprint density at radius 1 is 1.21 bits per heavy atom. The molecular formula is C16H24BrNO. The van der Waals surface area contributed by atoms with Gasteiger partial charge in [0, 0.05) is 16.6 Å². The Hall–Kier alpha value is -0.540. The molecule has 1 N–H and O–H groups in total. The molecule has 0 saturated heterocycles. The van der Waals surface area contributed by atoms with Gasteiger partial charge < -0.3 is 10.1 Å². The molecule has 0 aromatic heterocycles. The Kier molecular flexibility index (Phi) is 6.18. The van der Waals surface area contributed by atoms with E-state index in [2.05, 4.69) is 46.4 Å². The lowest BCUT2D eigenvalue weighted by Crippen LogP contribution is -2.18. The molecule has 1 aliphatic carbocycles. The number of ether oxygens (including phenoxy) is 1. The van der Waals surface area contributed by atoms with E-state index in [0.29, 0.717) is 6.10 Å². The van der Waals surface area contributed by atoms with Gasteiger partial charge in [0.05, 0.1) is 6.10 Å². The van der Waals surface area contributed by atoms with Crippen LogP contribution in [0.2, 0.25) is 0 Å². The molecule has 106 valence electrons. The van der Waals surface area contributed by atoms with Crippen molar-refractivity contribution >= 4 is 15.9 Å². The van der Waals surface area contributed by atoms with Crippen molar-refractivity contribution in [3.8, 4) is 5.75 Å². The molecule has 0 bridgehead atoms. The molecule has 3 heteroatoms. The van der Waals surface area contributed by atoms with Gasteiger partial charge in [0.15, 0.2) is 0 Å². The van der Waals surface area contributed by atoms with Gasteiger partial charge in [-0.05, 0) is 50.4 Å². The number of nitrogens with one attached hydrogen (secondary N) is 1. The highest BCUT2D eigenvalue weighted by atomic mass is 79.9. The largest absolute Gasteiger partial charge is 0.490 e. The van der Waals surface area contributed by atoms with Crippen LogP contribution in [0.3, 0.4) is 0 Å². The topological polar surface area (TPSA) is 21.3 Å². The fourth-order valence-electron chi connectivity index (χ4n) is 2.60. The van der Waals surface area contributed by atoms with Crippen LogP contribution in [-0.2, 0) is 6.54 Å². The van der Waals surface area contributed by atoms with Gasteiger partial charge in [-0.1, -0.05) is 35.7 Å². The Morgan fingerprint density at radius 3 is 2.63 bits per heavy atom. The lowest BCUT2D eigenvalue weighted by molar-refractivity contribution is 0.181. The van der Waals surface area contributed by atoms with E-state index >= 15 is 0 Å². The highest BCUT2D eigenvalue weighted by Gasteiger charge is 2.15. The third kappa shape index (κ3) is 4.81. The first kappa shape index (κ1) is 14.9. The quantitative estimate of drug-likeness (QED) is 0.795. The maximum absolute atomic E-state index is 6.26. The minimum atomic E-state index is 0.407. The summed E-state index contributed by atoms with van der Waals surface area (Å²) in [4.78, 5) is 0. The highest BCUT2D eigenvalue weighted by molar-refractivity contribution is 9.10. The molecule has 1 fully saturated rings. The van der Waals surface area contributed by atoms with E-state index in [1.807, 2.05) is 0 Å². The normalized spacial score (nSPS) is 17.2. The summed E-state index contributed by atoms with van der Waals surface area (Å²) in [6.07, 6.45) is 8.17. The second-order valence-corrected chi connectivity index (χ2v) is 6.18. The predicted molar refractivity (Wildman–Crippen MR) is 83.6 cm³/mol. The van der Waals surface area contributed by atoms with Gasteiger partial charge in [-0.3, -0.25) is 0 Å². The monoisotopic (exact) mass is 325 g/mol. The molecule has 2 rings (SSSR count). The Morgan fingerprint density at radius 2 is 1.95 bits per heavy atom. The summed E-state index contributed by atoms with van der Waals surface area (Å²) < 4.78 is 7.38. The van der Waals surface area contributed by atoms with Crippen molar-refractivity contribution in [2.75, 3.05) is 6.54 Å². The zero-order valence-electron chi connectivity index (χ0n) is 11.8. The molecule has 1 aliphatic rings. The van der Waals surface area contributed by atoms with Crippen molar-refractivity contribution in [2.45, 2.75) is 58.1 Å². The molecule has 0 atom stereocenters. The van der Waals surface area contributed by atoms with Gasteiger partial charge in [-0.2, -0.15) is 0 Å². The van der Waals surface area contributed by atoms with Crippen molar-refractivity contribution in [1.82, 2.24) is 5.32 Å². The van der Waals surface area contributed by atoms with E-state index in [1.165, 1.54) is 44.1 Å². The Bertz CT molecular complexity index is 386. The third-order valence-electron chi connectivity index (χ3n) is 3.68. The van der Waals surface area contributed by atoms with Crippen molar-refractivity contribution in [3.05, 3.63) is 28.2 Å². The summed E-state index contributed by atoms with van der Waals surface area (Å²) in [6.45, 7) is 3.98. The number of rotatable bonds is 5. The number of halogens is 1. The number of benzene rings is 1. The van der Waals surface area contributed by atoms with Crippen molar-refractivity contribution in [2.24, 2.45) is 0 Å². The third-order valence-corrected chi connectivity index (χ3v) is 4.18. The lowest BCUT2D eigenvalue weighted by Gasteiger charge is -2.20. The second-order valence-electron chi connectivity index (χ2n) is 5.26. The van der Waals surface area contributed by atoms with E-state index in [-0.39, 0.29) is 0 Å². The summed E-state index contributed by atoms with van der Waals surface area (Å²) in [5, 5.41) is 3.38. The van der Waals surface area contributed by atoms with Crippen molar-refractivity contribution < 1.29 is 4.74 Å². The average Bonchev–Trinajstić information content (AvgIpc) is 2.67. The van der Waals surface area contributed by atoms with Crippen LogP contribution in [0.4, 0.5) is 0 Å². The first-order valence-electron chi connectivity index (χ1n) is 7.45. The molecule has 1 aromatic rings. The molecule has 1 aromatic carbocycles. The summed E-state index contributed by atoms with van der Waals surface area (Å²) in [5.74, 6) is 1.05. The molecule has 0 spiro atoms. The maximum atomic E-state index is 6.26. The molecule has 19 heavy (non-hydrogen) atoms. The van der Waals surface area contributed by atoms with Crippen LogP contribution in [-0.4, -0.2) is 12.6 Å². The van der Waals surface area contributed by atoms with Crippen LogP contribution in [0.1, 0.15) is 51.0 Å². The molecule has 0 amide bonds. The Labute approximate surface area is 125 Å². The van der Waals surface area contributed by atoms with Gasteiger partial charge in [-0.25, -0.2) is 0 Å². The fourth-order valence-corrected chi connectivity index (χ4v) is 3.01. The van der Waals surface area contributed by atoms with Crippen molar-refractivity contribution in [3.63, 3.8) is 0 Å². The zero-order valence-corrected chi connectivity index (χ0v) is 13.3. The van der Waals surface area contributed by atoms with E-state index in [9.17, 15) is 0 Å². The van der Waals surface area contributed by atoms with Crippen molar-refractivity contribution in [1.29, 1.82) is 0 Å². The minimum Gasteiger partial charge on any atom is -0.490 e. The summed E-state index contributed by atoms with van der Waals surface area (Å²) in [7, 11) is 0. The zero-order chi connectivity index (χ0) is 13.5. The summed E-state index contributed by atoms with van der Waals surface area (Å²) >= 11 is 3.54. The lowest BCUT2D eigenvalue weighted by atomic mass is 10.1. The van der Waals surface area contributed by atoms with Crippen LogP contribution in [0.15, 0.2) is 22.7 Å². The molecular weight excluding hydrogens is 302 g/mol. The number of hydrogen-bond donors (Lipinski definition) is 1. The van der Waals surface area contributed by atoms with Gasteiger partial charge >= 0.3 is 0 Å². The van der Waals surface area contributed by atoms with Crippen LogP contribution in [0.5, 0.6) is 5.75 Å². The molecule has 0 radical (unpaired) electrons. The van der Waals surface area contributed by atoms with E-state index in [4.69, 9.17) is 4.74 Å². The summed E-state index contributed by atoms with van der Waals surface area (Å²) in [6, 6.07) is 6.33. The van der Waals surface area contributed by atoms with Crippen LogP contribution >= 0.6 is 15.9 Å². The predicted octanol–water partition coefficient (Wildman–Crippen LogP) is 4.66. The number of hydrogen-bond acceptors (Lipinski definition) is 2. The van der Waals surface area contributed by atoms with Crippen LogP contribution in [0.25, 0.3) is 0 Å². The fraction of sp³-hybridized carbons (Fsp3) is 0.625. The molecule has 0 heterocycles. The standard InChI is InChI=1S/C16H24BrNO/c1-2-18-12-13-11-14(17)9-10-16(13)19-15-7-5-3-4-6-8-15/h9-11,15,18H,2-8,12H2,1H3. The van der Waals surface area contributed by atoms with E-state index in [1.54, 1.807) is 0 Å². The van der Waals surface area contributed by atoms with E-state index in [0.717, 1.165) is 23.3 Å². The molecule has 0 unspecified atom stereocenters. The molecule has 1 saturated carbocycles. The van der Waals surface area contributed by atoms with E-state index < -0.39 is 0 Å². The molecule has 0 aliphatic heterocycles. The first-order chi connectivity index (χ1) is 9.29. The minimum absolute atomic E-state index is 0.407. The van der Waals surface area contributed by atoms with Crippen LogP contribution < -0.4 is 10.1 Å². The first-order valence-corrected chi connectivity index (χ1v) is 8.24. The average molecular weight is 326 g/mol. The molecule has 2 nitrogen and oxygen atoms in total. The van der Waals surface area contributed by atoms with Crippen LogP contribution in [0, 0.1) is 0 Å². The summed E-state index contributed by atoms with van der Waals surface area (Å²) in [5.41, 5.74) is 1.25. The smallest absolute Gasteiger partial charge is 0.124 e. The van der Waals surface area contributed by atoms with Gasteiger partial charge in [0.1, 0.15) is 5.75 Å². The van der Waals surface area contributed by atoms with Gasteiger partial charge in [0.2, 0.25) is 0 Å². The van der Waals surface area contributed by atoms with Gasteiger partial charge in [0.25, 0.3) is 0 Å². The highest BCUT2D eigenvalue weighted by Crippen LogP contribution is 2.27. The SMILES string of the molecule is CCNCc1cc(Br)ccc1OC1CCCCCC1. The Balaban J connectivity index is 2.04. The maximum Gasteiger partial charge on any atom is 0.124 e. The second kappa shape index (κ2) is 7.91. The van der Waals surface area contributed by atoms with Gasteiger partial charge in [-0.15, -0.1) is 0 Å².